The first kappa shape index (κ1) is 17.5. The van der Waals surface area contributed by atoms with Gasteiger partial charge in [0.05, 0.1) is 0 Å². The van der Waals surface area contributed by atoms with E-state index in [2.05, 4.69) is 34.4 Å². The van der Waals surface area contributed by atoms with Crippen LogP contribution >= 0.6 is 7.80 Å². The van der Waals surface area contributed by atoms with Crippen LogP contribution in [-0.4, -0.2) is 19.8 Å². The molecule has 0 saturated carbocycles. The van der Waals surface area contributed by atoms with Crippen molar-refractivity contribution in [1.82, 2.24) is 0 Å². The van der Waals surface area contributed by atoms with E-state index in [1.165, 1.54) is 64.5 Å². The van der Waals surface area contributed by atoms with Crippen molar-refractivity contribution in [3.05, 3.63) is 0 Å². The topological polar surface area (TPSA) is 0 Å². The molecule has 0 aromatic carbocycles. The van der Waals surface area contributed by atoms with E-state index in [4.69, 9.17) is 0 Å². The molecule has 0 aliphatic carbocycles. The predicted molar refractivity (Wildman–Crippen MR) is 87.2 cm³/mol. The first-order valence-corrected chi connectivity index (χ1v) is 9.86. The third kappa shape index (κ3) is 11.3. The Morgan fingerprint density at radius 1 is 0.882 bits per heavy atom. The summed E-state index contributed by atoms with van der Waals surface area (Å²) in [5.41, 5.74) is 0. The van der Waals surface area contributed by atoms with E-state index >= 15 is 0 Å². The highest BCUT2D eigenvalue weighted by atomic mass is 31.1. The summed E-state index contributed by atoms with van der Waals surface area (Å²) in [5, 5.41) is 0.595. The minimum absolute atomic E-state index is 0.295. The molecule has 0 fully saturated rings. The van der Waals surface area contributed by atoms with E-state index < -0.39 is 0 Å². The molecule has 0 aliphatic rings. The summed E-state index contributed by atoms with van der Waals surface area (Å²) in [5.74, 6) is 0. The van der Waals surface area contributed by atoms with Crippen molar-refractivity contribution in [2.45, 2.75) is 84.4 Å². The lowest BCUT2D eigenvalue weighted by Crippen LogP contribution is -2.12. The third-order valence-corrected chi connectivity index (χ3v) is 5.99. The molecule has 2 heteroatoms. The molecule has 0 rings (SSSR count). The Kier molecular flexibility index (Phi) is 10.7. The van der Waals surface area contributed by atoms with Crippen LogP contribution in [0.3, 0.4) is 0 Å². The van der Waals surface area contributed by atoms with Gasteiger partial charge in [0.2, 0.25) is 0 Å². The van der Waals surface area contributed by atoms with E-state index in [1.807, 2.05) is 0 Å². The smallest absolute Gasteiger partial charge is 0.147 e. The van der Waals surface area contributed by atoms with Gasteiger partial charge in [0, 0.05) is 0 Å². The molecule has 0 radical (unpaired) electrons. The van der Waals surface area contributed by atoms with Crippen LogP contribution in [0.2, 0.25) is 5.31 Å². The number of hydrogen-bond donors (Lipinski definition) is 0. The maximum absolute atomic E-state index is 2.51. The van der Waals surface area contributed by atoms with Gasteiger partial charge in [0.1, 0.15) is 0 Å². The Morgan fingerprint density at radius 2 is 1.47 bits per heavy atom. The molecule has 0 spiro atoms. The van der Waals surface area contributed by atoms with E-state index in [9.17, 15) is 0 Å². The molecule has 0 N–H and O–H groups in total. The molecule has 0 heterocycles. The molecule has 0 saturated heterocycles. The summed E-state index contributed by atoms with van der Waals surface area (Å²) in [6.07, 6.45) is 12.9. The zero-order valence-electron chi connectivity index (χ0n) is 13.0. The zero-order valence-corrected chi connectivity index (χ0v) is 13.9. The summed E-state index contributed by atoms with van der Waals surface area (Å²) in [4.78, 5) is 0. The Labute approximate surface area is 112 Å². The van der Waals surface area contributed by atoms with E-state index in [1.54, 1.807) is 0 Å². The standard InChI is InChI=1S/C15H34BP/c1-6-8-9-10-11-12-14-17(5)16-15(3,4)13-7-2/h16H,6-14H2,1-5H3. The highest BCUT2D eigenvalue weighted by Gasteiger charge is 2.21. The van der Waals surface area contributed by atoms with Crippen LogP contribution in [-0.2, 0) is 0 Å². The Hall–Kier alpha value is 0.495. The molecular formula is C15H34BP. The molecule has 0 bridgehead atoms. The Morgan fingerprint density at radius 3 is 2.06 bits per heavy atom. The van der Waals surface area contributed by atoms with Crippen LogP contribution in [0.5, 0.6) is 0 Å². The van der Waals surface area contributed by atoms with Gasteiger partial charge in [-0.3, -0.25) is 0 Å². The highest BCUT2D eigenvalue weighted by Crippen LogP contribution is 2.43. The van der Waals surface area contributed by atoms with Gasteiger partial charge in [-0.2, -0.15) is 0 Å². The van der Waals surface area contributed by atoms with Crippen LogP contribution in [0.15, 0.2) is 0 Å². The molecule has 102 valence electrons. The van der Waals surface area contributed by atoms with Crippen molar-refractivity contribution in [1.29, 1.82) is 0 Å². The minimum Gasteiger partial charge on any atom is -0.147 e. The van der Waals surface area contributed by atoms with Crippen molar-refractivity contribution < 1.29 is 0 Å². The van der Waals surface area contributed by atoms with Crippen molar-refractivity contribution in [2.75, 3.05) is 12.8 Å². The van der Waals surface area contributed by atoms with Crippen molar-refractivity contribution >= 4 is 14.8 Å². The molecule has 0 aromatic rings. The summed E-state index contributed by atoms with van der Waals surface area (Å²) >= 11 is 0. The average Bonchev–Trinajstić information content (AvgIpc) is 2.22. The van der Waals surface area contributed by atoms with Gasteiger partial charge >= 0.3 is 0 Å². The van der Waals surface area contributed by atoms with Gasteiger partial charge in [-0.15, -0.1) is 7.80 Å². The number of rotatable bonds is 11. The normalized spacial score (nSPS) is 13.7. The first-order valence-electron chi connectivity index (χ1n) is 7.70. The molecule has 1 unspecified atom stereocenters. The second-order valence-electron chi connectivity index (χ2n) is 6.42. The van der Waals surface area contributed by atoms with Crippen LogP contribution in [0.4, 0.5) is 0 Å². The van der Waals surface area contributed by atoms with Crippen LogP contribution in [0, 0.1) is 0 Å². The summed E-state index contributed by atoms with van der Waals surface area (Å²) in [6, 6.07) is 0. The van der Waals surface area contributed by atoms with Crippen molar-refractivity contribution in [3.8, 4) is 0 Å². The molecule has 0 amide bonds. The van der Waals surface area contributed by atoms with Gasteiger partial charge in [0.15, 0.2) is 7.00 Å². The number of hydrogen-bond acceptors (Lipinski definition) is 0. The van der Waals surface area contributed by atoms with Crippen LogP contribution in [0.25, 0.3) is 0 Å². The summed E-state index contributed by atoms with van der Waals surface area (Å²) in [7, 11) is 0.295. The molecule has 0 nitrogen and oxygen atoms in total. The monoisotopic (exact) mass is 256 g/mol. The molecular weight excluding hydrogens is 222 g/mol. The van der Waals surface area contributed by atoms with Gasteiger partial charge in [-0.25, -0.2) is 0 Å². The predicted octanol–water partition coefficient (Wildman–Crippen LogP) is 5.81. The lowest BCUT2D eigenvalue weighted by atomic mass is 9.68. The summed E-state index contributed by atoms with van der Waals surface area (Å²) in [6.45, 7) is 13.5. The Balaban J connectivity index is 3.48. The molecule has 17 heavy (non-hydrogen) atoms. The third-order valence-electron chi connectivity index (χ3n) is 3.52. The maximum Gasteiger partial charge on any atom is 0.158 e. The fourth-order valence-electron chi connectivity index (χ4n) is 2.73. The van der Waals surface area contributed by atoms with Gasteiger partial charge in [-0.1, -0.05) is 91.0 Å². The fourth-order valence-corrected chi connectivity index (χ4v) is 5.27. The van der Waals surface area contributed by atoms with E-state index in [-0.39, 0.29) is 0 Å². The number of unbranched alkanes of at least 4 members (excludes halogenated alkanes) is 5. The van der Waals surface area contributed by atoms with Crippen LogP contribution < -0.4 is 0 Å². The summed E-state index contributed by atoms with van der Waals surface area (Å²) < 4.78 is 0. The second-order valence-corrected chi connectivity index (χ2v) is 8.90. The highest BCUT2D eigenvalue weighted by molar-refractivity contribution is 7.85. The van der Waals surface area contributed by atoms with Gasteiger partial charge in [0.25, 0.3) is 0 Å². The molecule has 0 aliphatic heterocycles. The molecule has 0 aromatic heterocycles. The second kappa shape index (κ2) is 10.4. The van der Waals surface area contributed by atoms with Gasteiger partial charge < -0.3 is 0 Å². The maximum atomic E-state index is 2.51. The van der Waals surface area contributed by atoms with Crippen molar-refractivity contribution in [3.63, 3.8) is 0 Å². The SMILES string of the molecule is CCCCCCCCP(C)BC(C)(C)CCC. The Bertz CT molecular complexity index is 168. The lowest BCUT2D eigenvalue weighted by Gasteiger charge is -2.26. The fraction of sp³-hybridized carbons (Fsp3) is 1.00. The zero-order chi connectivity index (χ0) is 13.1. The van der Waals surface area contributed by atoms with Crippen molar-refractivity contribution in [2.24, 2.45) is 0 Å². The van der Waals surface area contributed by atoms with E-state index in [0.717, 1.165) is 0 Å². The minimum atomic E-state index is 0.295. The van der Waals surface area contributed by atoms with Crippen LogP contribution in [0.1, 0.15) is 79.1 Å². The van der Waals surface area contributed by atoms with E-state index in [0.29, 0.717) is 13.1 Å². The molecule has 1 atom stereocenters. The quantitative estimate of drug-likeness (QED) is 0.248. The lowest BCUT2D eigenvalue weighted by molar-refractivity contribution is 0.598. The average molecular weight is 256 g/mol. The largest absolute Gasteiger partial charge is 0.158 e. The first-order chi connectivity index (χ1) is 8.02. The van der Waals surface area contributed by atoms with Gasteiger partial charge in [-0.05, 0) is 6.16 Å².